The van der Waals surface area contributed by atoms with Gasteiger partial charge in [0.1, 0.15) is 0 Å². The summed E-state index contributed by atoms with van der Waals surface area (Å²) in [6.07, 6.45) is 0. The van der Waals surface area contributed by atoms with Crippen LogP contribution in [0, 0.1) is 13.8 Å². The quantitative estimate of drug-likeness (QED) is 0.711. The molecular formula is C13H14N2O3. The molecule has 0 spiro atoms. The molecule has 0 aliphatic rings. The van der Waals surface area contributed by atoms with Gasteiger partial charge in [-0.05, 0) is 37.1 Å². The van der Waals surface area contributed by atoms with E-state index in [1.54, 1.807) is 12.1 Å². The Morgan fingerprint density at radius 1 is 0.889 bits per heavy atom. The maximum absolute atomic E-state index is 12.1. The molecule has 0 N–H and O–H groups in total. The lowest BCUT2D eigenvalue weighted by Gasteiger charge is -2.02. The summed E-state index contributed by atoms with van der Waals surface area (Å²) in [5.74, 6) is -0.790. The normalized spacial score (nSPS) is 10.9. The molecule has 0 unspecified atom stereocenters. The predicted molar refractivity (Wildman–Crippen MR) is 68.3 cm³/mol. The number of aryl methyl sites for hydroxylation is 2. The average molecular weight is 246 g/mol. The molecule has 0 bridgehead atoms. The number of rotatable bonds is 0. The maximum atomic E-state index is 12.1. The first-order chi connectivity index (χ1) is 8.34. The molecule has 2 aromatic rings. The molecule has 0 amide bonds. The van der Waals surface area contributed by atoms with Gasteiger partial charge in [-0.2, -0.15) is 0 Å². The van der Waals surface area contributed by atoms with E-state index in [2.05, 4.69) is 0 Å². The molecule has 5 nitrogen and oxygen atoms in total. The first-order valence-electron chi connectivity index (χ1n) is 5.61. The molecule has 0 radical (unpaired) electrons. The van der Waals surface area contributed by atoms with E-state index in [-0.39, 0.29) is 0 Å². The van der Waals surface area contributed by atoms with Crippen molar-refractivity contribution in [3.05, 3.63) is 33.7 Å². The van der Waals surface area contributed by atoms with E-state index in [1.165, 1.54) is 13.8 Å². The van der Waals surface area contributed by atoms with Crippen LogP contribution in [0.25, 0.3) is 11.0 Å². The van der Waals surface area contributed by atoms with Crippen molar-refractivity contribution in [2.75, 3.05) is 0 Å². The molecule has 1 aromatic heterocycles. The van der Waals surface area contributed by atoms with E-state index in [0.717, 1.165) is 20.3 Å². The number of benzene rings is 1. The second-order valence-electron chi connectivity index (χ2n) is 4.42. The van der Waals surface area contributed by atoms with E-state index in [0.29, 0.717) is 11.0 Å². The predicted octanol–water partition coefficient (Wildman–Crippen LogP) is 1.74. The Balaban J connectivity index is 3.07. The second-order valence-corrected chi connectivity index (χ2v) is 4.42. The number of carbonyl (C=O) groups is 2. The molecule has 0 aliphatic heterocycles. The van der Waals surface area contributed by atoms with Gasteiger partial charge in [0.25, 0.3) is 0 Å². The van der Waals surface area contributed by atoms with E-state index in [4.69, 9.17) is 0 Å². The minimum absolute atomic E-state index is 0.395. The van der Waals surface area contributed by atoms with Crippen molar-refractivity contribution < 1.29 is 9.59 Å². The van der Waals surface area contributed by atoms with Crippen LogP contribution in [0.3, 0.4) is 0 Å². The lowest BCUT2D eigenvalue weighted by Crippen LogP contribution is -2.30. The number of hydrogen-bond acceptors (Lipinski definition) is 3. The van der Waals surface area contributed by atoms with Crippen LogP contribution in [0.1, 0.15) is 34.6 Å². The average Bonchev–Trinajstić information content (AvgIpc) is 2.50. The maximum Gasteiger partial charge on any atom is 0.342 e. The second kappa shape index (κ2) is 3.94. The summed E-state index contributed by atoms with van der Waals surface area (Å²) in [6.45, 7) is 6.41. The highest BCUT2D eigenvalue weighted by atomic mass is 16.2. The van der Waals surface area contributed by atoms with Crippen molar-refractivity contribution in [3.63, 3.8) is 0 Å². The van der Waals surface area contributed by atoms with Crippen LogP contribution in [0.5, 0.6) is 0 Å². The van der Waals surface area contributed by atoms with Crippen LogP contribution in [-0.4, -0.2) is 20.9 Å². The van der Waals surface area contributed by atoms with Crippen LogP contribution in [0.4, 0.5) is 0 Å². The summed E-state index contributed by atoms with van der Waals surface area (Å²) in [5, 5.41) is 0. The van der Waals surface area contributed by atoms with Gasteiger partial charge in [0.15, 0.2) is 0 Å². The number of fused-ring (bicyclic) bond motifs is 1. The lowest BCUT2D eigenvalue weighted by molar-refractivity contribution is 0.0925. The fourth-order valence-corrected chi connectivity index (χ4v) is 2.06. The zero-order valence-corrected chi connectivity index (χ0v) is 10.8. The SMILES string of the molecule is CC(=O)n1c(=O)n(C(C)=O)c2cc(C)c(C)cc21. The number of carbonyl (C=O) groups excluding carboxylic acids is 2. The van der Waals surface area contributed by atoms with Gasteiger partial charge in [-0.1, -0.05) is 0 Å². The topological polar surface area (TPSA) is 61.1 Å². The highest BCUT2D eigenvalue weighted by Crippen LogP contribution is 2.18. The first kappa shape index (κ1) is 12.3. The van der Waals surface area contributed by atoms with Crippen LogP contribution in [0.2, 0.25) is 0 Å². The van der Waals surface area contributed by atoms with Gasteiger partial charge in [0, 0.05) is 13.8 Å². The van der Waals surface area contributed by atoms with Crippen molar-refractivity contribution in [1.29, 1.82) is 0 Å². The highest BCUT2D eigenvalue weighted by molar-refractivity contribution is 5.95. The third kappa shape index (κ3) is 1.59. The fraction of sp³-hybridized carbons (Fsp3) is 0.308. The van der Waals surface area contributed by atoms with Gasteiger partial charge in [-0.25, -0.2) is 13.9 Å². The zero-order valence-electron chi connectivity index (χ0n) is 10.8. The smallest absolute Gasteiger partial charge is 0.274 e. The summed E-state index contributed by atoms with van der Waals surface area (Å²) in [6, 6.07) is 3.51. The molecule has 1 heterocycles. The standard InChI is InChI=1S/C13H14N2O3/c1-7-5-11-12(6-8(7)2)15(10(4)17)13(18)14(11)9(3)16/h5-6H,1-4H3. The summed E-state index contributed by atoms with van der Waals surface area (Å²) >= 11 is 0. The summed E-state index contributed by atoms with van der Waals surface area (Å²) in [5.41, 5.74) is 2.29. The molecular weight excluding hydrogens is 232 g/mol. The lowest BCUT2D eigenvalue weighted by atomic mass is 10.1. The van der Waals surface area contributed by atoms with Crippen molar-refractivity contribution >= 4 is 22.8 Å². The van der Waals surface area contributed by atoms with Gasteiger partial charge < -0.3 is 0 Å². The molecule has 0 fully saturated rings. The van der Waals surface area contributed by atoms with E-state index < -0.39 is 17.5 Å². The number of aromatic nitrogens is 2. The number of imidazole rings is 1. The third-order valence-electron chi connectivity index (χ3n) is 3.09. The Morgan fingerprint density at radius 2 is 1.22 bits per heavy atom. The largest absolute Gasteiger partial charge is 0.342 e. The van der Waals surface area contributed by atoms with Crippen molar-refractivity contribution in [1.82, 2.24) is 9.13 Å². The molecule has 94 valence electrons. The Hall–Kier alpha value is -2.17. The monoisotopic (exact) mass is 246 g/mol. The van der Waals surface area contributed by atoms with Crippen molar-refractivity contribution in [2.24, 2.45) is 0 Å². The highest BCUT2D eigenvalue weighted by Gasteiger charge is 2.18. The Bertz CT molecular complexity index is 675. The number of nitrogens with zero attached hydrogens (tertiary/aromatic N) is 2. The van der Waals surface area contributed by atoms with Crippen molar-refractivity contribution in [3.8, 4) is 0 Å². The van der Waals surface area contributed by atoms with E-state index in [1.807, 2.05) is 13.8 Å². The Kier molecular flexibility index (Phi) is 2.69. The number of hydrogen-bond donors (Lipinski definition) is 0. The van der Waals surface area contributed by atoms with Gasteiger partial charge in [-0.15, -0.1) is 0 Å². The molecule has 0 atom stereocenters. The van der Waals surface area contributed by atoms with Gasteiger partial charge in [0.05, 0.1) is 11.0 Å². The minimum Gasteiger partial charge on any atom is -0.274 e. The molecule has 0 saturated carbocycles. The van der Waals surface area contributed by atoms with Crippen LogP contribution in [0.15, 0.2) is 16.9 Å². The van der Waals surface area contributed by atoms with Crippen LogP contribution in [-0.2, 0) is 0 Å². The molecule has 0 aliphatic carbocycles. The molecule has 2 rings (SSSR count). The minimum atomic E-state index is -0.602. The molecule has 0 saturated heterocycles. The summed E-state index contributed by atoms with van der Waals surface area (Å²) < 4.78 is 2.06. The molecule has 1 aromatic carbocycles. The first-order valence-corrected chi connectivity index (χ1v) is 5.61. The fourth-order valence-electron chi connectivity index (χ4n) is 2.06. The summed E-state index contributed by atoms with van der Waals surface area (Å²) in [7, 11) is 0. The van der Waals surface area contributed by atoms with Gasteiger partial charge in [-0.3, -0.25) is 9.59 Å². The van der Waals surface area contributed by atoms with Crippen LogP contribution < -0.4 is 5.69 Å². The Labute approximate surface area is 104 Å². The Morgan fingerprint density at radius 3 is 1.50 bits per heavy atom. The molecule has 5 heteroatoms. The van der Waals surface area contributed by atoms with Crippen LogP contribution >= 0.6 is 0 Å². The van der Waals surface area contributed by atoms with E-state index >= 15 is 0 Å². The van der Waals surface area contributed by atoms with E-state index in [9.17, 15) is 14.4 Å². The summed E-state index contributed by atoms with van der Waals surface area (Å²) in [4.78, 5) is 35.2. The van der Waals surface area contributed by atoms with Gasteiger partial charge in [0.2, 0.25) is 11.8 Å². The zero-order chi connectivity index (χ0) is 13.6. The molecule has 18 heavy (non-hydrogen) atoms. The van der Waals surface area contributed by atoms with Gasteiger partial charge >= 0.3 is 5.69 Å². The van der Waals surface area contributed by atoms with Crippen molar-refractivity contribution in [2.45, 2.75) is 27.7 Å². The third-order valence-corrected chi connectivity index (χ3v) is 3.09.